The first kappa shape index (κ1) is 24.6. The van der Waals surface area contributed by atoms with E-state index in [2.05, 4.69) is 4.74 Å². The smallest absolute Gasteiger partial charge is 0.308 e. The summed E-state index contributed by atoms with van der Waals surface area (Å²) in [6, 6.07) is 3.75. The van der Waals surface area contributed by atoms with E-state index in [0.29, 0.717) is 36.7 Å². The van der Waals surface area contributed by atoms with E-state index in [9.17, 15) is 9.59 Å². The Labute approximate surface area is 173 Å². The van der Waals surface area contributed by atoms with Gasteiger partial charge in [0.2, 0.25) is 5.75 Å². The van der Waals surface area contributed by atoms with Gasteiger partial charge in [-0.15, -0.1) is 0 Å². The number of methoxy groups -OCH3 is 4. The van der Waals surface area contributed by atoms with Crippen LogP contribution >= 0.6 is 0 Å². The summed E-state index contributed by atoms with van der Waals surface area (Å²) in [7, 11) is 5.95. The largest absolute Gasteiger partial charge is 0.493 e. The molecule has 0 aromatic heterocycles. The lowest BCUT2D eigenvalue weighted by atomic mass is 9.94. The van der Waals surface area contributed by atoms with E-state index in [4.69, 9.17) is 18.9 Å². The number of hydrogen-bond donors (Lipinski definition) is 0. The van der Waals surface area contributed by atoms with Crippen LogP contribution in [0.3, 0.4) is 0 Å². The molecule has 0 spiro atoms. The fraction of sp³-hybridized carbons (Fsp3) is 0.636. The van der Waals surface area contributed by atoms with Gasteiger partial charge in [-0.1, -0.05) is 13.3 Å². The van der Waals surface area contributed by atoms with E-state index in [0.717, 1.165) is 37.7 Å². The second-order valence-corrected chi connectivity index (χ2v) is 6.78. The number of esters is 2. The third kappa shape index (κ3) is 8.21. The Morgan fingerprint density at radius 2 is 1.59 bits per heavy atom. The number of ether oxygens (including phenoxy) is 5. The predicted octanol–water partition coefficient (Wildman–Crippen LogP) is 3.95. The molecule has 7 nitrogen and oxygen atoms in total. The SMILES string of the molecule is CCCC(Cc1cc(OC)c(OCCCCCC(=O)OC)c(OC)c1)C(=O)OC. The first-order valence-corrected chi connectivity index (χ1v) is 10.0. The number of hydrogen-bond acceptors (Lipinski definition) is 7. The molecule has 0 fully saturated rings. The van der Waals surface area contributed by atoms with Crippen LogP contribution in [-0.2, 0) is 25.5 Å². The van der Waals surface area contributed by atoms with Gasteiger partial charge in [0.05, 0.1) is 41.0 Å². The van der Waals surface area contributed by atoms with Crippen molar-refractivity contribution >= 4 is 11.9 Å². The molecule has 1 aromatic carbocycles. The van der Waals surface area contributed by atoms with Crippen molar-refractivity contribution in [2.75, 3.05) is 35.0 Å². The Morgan fingerprint density at radius 1 is 0.931 bits per heavy atom. The molecule has 1 aromatic rings. The van der Waals surface area contributed by atoms with E-state index in [1.807, 2.05) is 19.1 Å². The maximum Gasteiger partial charge on any atom is 0.308 e. The highest BCUT2D eigenvalue weighted by atomic mass is 16.5. The maximum atomic E-state index is 12.0. The Bertz CT molecular complexity index is 617. The normalized spacial score (nSPS) is 11.5. The molecule has 0 saturated carbocycles. The van der Waals surface area contributed by atoms with Gasteiger partial charge in [-0.05, 0) is 49.8 Å². The highest BCUT2D eigenvalue weighted by molar-refractivity contribution is 5.72. The van der Waals surface area contributed by atoms with Gasteiger partial charge in [0, 0.05) is 6.42 Å². The van der Waals surface area contributed by atoms with E-state index >= 15 is 0 Å². The molecule has 0 aliphatic carbocycles. The molecule has 0 N–H and O–H groups in total. The molecular formula is C22H34O7. The topological polar surface area (TPSA) is 80.3 Å². The zero-order chi connectivity index (χ0) is 21.6. The second kappa shape index (κ2) is 13.7. The average Bonchev–Trinajstić information content (AvgIpc) is 2.74. The van der Waals surface area contributed by atoms with Gasteiger partial charge in [-0.3, -0.25) is 9.59 Å². The van der Waals surface area contributed by atoms with Crippen molar-refractivity contribution in [1.82, 2.24) is 0 Å². The van der Waals surface area contributed by atoms with Crippen LogP contribution in [0, 0.1) is 5.92 Å². The van der Waals surface area contributed by atoms with Crippen LogP contribution in [0.25, 0.3) is 0 Å². The highest BCUT2D eigenvalue weighted by Gasteiger charge is 2.21. The Morgan fingerprint density at radius 3 is 2.10 bits per heavy atom. The van der Waals surface area contributed by atoms with Crippen molar-refractivity contribution in [3.63, 3.8) is 0 Å². The maximum absolute atomic E-state index is 12.0. The van der Waals surface area contributed by atoms with Crippen LogP contribution in [-0.4, -0.2) is 47.0 Å². The molecule has 164 valence electrons. The first-order valence-electron chi connectivity index (χ1n) is 10.0. The summed E-state index contributed by atoms with van der Waals surface area (Å²) in [5.74, 6) is 1.05. The van der Waals surface area contributed by atoms with E-state index in [-0.39, 0.29) is 17.9 Å². The molecule has 1 unspecified atom stereocenters. The van der Waals surface area contributed by atoms with Crippen LogP contribution in [0.4, 0.5) is 0 Å². The summed E-state index contributed by atoms with van der Waals surface area (Å²) in [5, 5.41) is 0. The van der Waals surface area contributed by atoms with Gasteiger partial charge in [0.1, 0.15) is 0 Å². The molecule has 0 aliphatic rings. The molecule has 0 saturated heterocycles. The molecule has 0 radical (unpaired) electrons. The van der Waals surface area contributed by atoms with E-state index < -0.39 is 0 Å². The van der Waals surface area contributed by atoms with Crippen LogP contribution in [0.1, 0.15) is 51.0 Å². The van der Waals surface area contributed by atoms with Crippen LogP contribution < -0.4 is 14.2 Å². The van der Waals surface area contributed by atoms with Crippen molar-refractivity contribution in [2.45, 2.75) is 51.9 Å². The summed E-state index contributed by atoms with van der Waals surface area (Å²) in [4.78, 5) is 23.2. The highest BCUT2D eigenvalue weighted by Crippen LogP contribution is 2.39. The molecular weight excluding hydrogens is 376 g/mol. The Hall–Kier alpha value is -2.44. The first-order chi connectivity index (χ1) is 14.0. The van der Waals surface area contributed by atoms with Crippen molar-refractivity contribution in [2.24, 2.45) is 5.92 Å². The number of carbonyl (C=O) groups is 2. The summed E-state index contributed by atoms with van der Waals surface area (Å²) >= 11 is 0. The van der Waals surface area contributed by atoms with Gasteiger partial charge in [-0.2, -0.15) is 0 Å². The fourth-order valence-corrected chi connectivity index (χ4v) is 3.12. The summed E-state index contributed by atoms with van der Waals surface area (Å²) in [5.41, 5.74) is 0.924. The Balaban J connectivity index is 2.79. The van der Waals surface area contributed by atoms with Gasteiger partial charge in [-0.25, -0.2) is 0 Å². The fourth-order valence-electron chi connectivity index (χ4n) is 3.12. The van der Waals surface area contributed by atoms with Gasteiger partial charge in [0.25, 0.3) is 0 Å². The zero-order valence-corrected chi connectivity index (χ0v) is 18.2. The van der Waals surface area contributed by atoms with Crippen LogP contribution in [0.5, 0.6) is 17.2 Å². The van der Waals surface area contributed by atoms with Crippen molar-refractivity contribution in [3.05, 3.63) is 17.7 Å². The third-order valence-corrected chi connectivity index (χ3v) is 4.67. The lowest BCUT2D eigenvalue weighted by molar-refractivity contribution is -0.145. The number of rotatable bonds is 14. The van der Waals surface area contributed by atoms with Crippen LogP contribution in [0.15, 0.2) is 12.1 Å². The quantitative estimate of drug-likeness (QED) is 0.339. The minimum absolute atomic E-state index is 0.196. The lowest BCUT2D eigenvalue weighted by Gasteiger charge is -2.18. The van der Waals surface area contributed by atoms with E-state index in [1.165, 1.54) is 14.2 Å². The molecule has 0 bridgehead atoms. The second-order valence-electron chi connectivity index (χ2n) is 6.78. The summed E-state index contributed by atoms with van der Waals surface area (Å²) in [6.07, 6.45) is 5.02. The molecule has 0 amide bonds. The van der Waals surface area contributed by atoms with Crippen LogP contribution in [0.2, 0.25) is 0 Å². The third-order valence-electron chi connectivity index (χ3n) is 4.67. The molecule has 0 heterocycles. The molecule has 7 heteroatoms. The lowest BCUT2D eigenvalue weighted by Crippen LogP contribution is -2.18. The number of carbonyl (C=O) groups excluding carboxylic acids is 2. The molecule has 1 atom stereocenters. The molecule has 1 rings (SSSR count). The minimum atomic E-state index is -0.211. The number of unbranched alkanes of at least 4 members (excludes halogenated alkanes) is 2. The monoisotopic (exact) mass is 410 g/mol. The molecule has 0 aliphatic heterocycles. The summed E-state index contributed by atoms with van der Waals surface area (Å²) < 4.78 is 26.5. The minimum Gasteiger partial charge on any atom is -0.493 e. The predicted molar refractivity (Wildman–Crippen MR) is 110 cm³/mol. The van der Waals surface area contributed by atoms with Gasteiger partial charge >= 0.3 is 11.9 Å². The summed E-state index contributed by atoms with van der Waals surface area (Å²) in [6.45, 7) is 2.52. The molecule has 29 heavy (non-hydrogen) atoms. The average molecular weight is 411 g/mol. The van der Waals surface area contributed by atoms with Crippen molar-refractivity contribution in [1.29, 1.82) is 0 Å². The van der Waals surface area contributed by atoms with Crippen molar-refractivity contribution < 1.29 is 33.3 Å². The van der Waals surface area contributed by atoms with Gasteiger partial charge < -0.3 is 23.7 Å². The van der Waals surface area contributed by atoms with Crippen molar-refractivity contribution in [3.8, 4) is 17.2 Å². The Kier molecular flexibility index (Phi) is 11.6. The standard InChI is InChI=1S/C22H34O7/c1-6-10-17(22(24)28-5)13-16-14-18(25-2)21(19(15-16)26-3)29-12-9-7-8-11-20(23)27-4/h14-15,17H,6-13H2,1-5H3. The number of benzene rings is 1. The van der Waals surface area contributed by atoms with E-state index in [1.54, 1.807) is 14.2 Å². The van der Waals surface area contributed by atoms with Gasteiger partial charge in [0.15, 0.2) is 11.5 Å². The zero-order valence-electron chi connectivity index (χ0n) is 18.2.